The molecule has 1 atom stereocenters. The average molecular weight is 445 g/mol. The van der Waals surface area contributed by atoms with Gasteiger partial charge in [-0.3, -0.25) is 4.31 Å². The van der Waals surface area contributed by atoms with E-state index < -0.39 is 21.7 Å². The molecular weight excluding hydrogens is 412 g/mol. The van der Waals surface area contributed by atoms with Crippen molar-refractivity contribution in [3.05, 3.63) is 64.7 Å². The predicted octanol–water partition coefficient (Wildman–Crippen LogP) is 2.72. The van der Waals surface area contributed by atoms with Crippen LogP contribution in [0.2, 0.25) is 0 Å². The molecule has 168 valence electrons. The van der Waals surface area contributed by atoms with Gasteiger partial charge in [0.25, 0.3) is 0 Å². The predicted molar refractivity (Wildman–Crippen MR) is 123 cm³/mol. The minimum atomic E-state index is -3.29. The summed E-state index contributed by atoms with van der Waals surface area (Å²) in [6.45, 7) is 4.47. The van der Waals surface area contributed by atoms with Gasteiger partial charge >= 0.3 is 0 Å². The molecule has 0 aliphatic carbocycles. The van der Waals surface area contributed by atoms with Gasteiger partial charge in [-0.1, -0.05) is 42.0 Å². The van der Waals surface area contributed by atoms with Crippen LogP contribution < -0.4 is 4.31 Å². The van der Waals surface area contributed by atoms with Gasteiger partial charge < -0.3 is 15.1 Å². The molecule has 0 amide bonds. The fraction of sp³-hybridized carbons (Fsp3) is 0.500. The van der Waals surface area contributed by atoms with Crippen LogP contribution in [0.5, 0.6) is 0 Å². The average Bonchev–Trinajstić information content (AvgIpc) is 2.74. The Morgan fingerprint density at radius 1 is 1.10 bits per heavy atom. The zero-order chi connectivity index (χ0) is 22.2. The van der Waals surface area contributed by atoms with E-state index >= 15 is 0 Å². The van der Waals surface area contributed by atoms with E-state index in [9.17, 15) is 18.6 Å². The second kappa shape index (κ2) is 8.54. The van der Waals surface area contributed by atoms with Crippen LogP contribution in [0.4, 0.5) is 5.69 Å². The van der Waals surface area contributed by atoms with Crippen molar-refractivity contribution in [2.24, 2.45) is 0 Å². The molecule has 0 spiro atoms. The van der Waals surface area contributed by atoms with Gasteiger partial charge in [0.1, 0.15) is 0 Å². The maximum Gasteiger partial charge on any atom is 0.232 e. The minimum absolute atomic E-state index is 0.498. The van der Waals surface area contributed by atoms with Crippen LogP contribution in [-0.2, 0) is 22.0 Å². The minimum Gasteiger partial charge on any atom is -0.387 e. The highest BCUT2D eigenvalue weighted by molar-refractivity contribution is 7.92. The van der Waals surface area contributed by atoms with Gasteiger partial charge in [0.15, 0.2) is 0 Å². The number of likely N-dealkylation sites (tertiary alicyclic amines) is 1. The molecule has 2 aromatic rings. The monoisotopic (exact) mass is 444 g/mol. The van der Waals surface area contributed by atoms with E-state index in [4.69, 9.17) is 0 Å². The standard InChI is InChI=1S/C24H32N2O4S/c1-18-5-3-7-21(15-18)24(28)10-13-25(14-11-24)17-23(27)20-8-9-22-19(16-20)6-4-12-26(22)31(2,29)30/h3,5,7-9,15-16,23,27-28H,4,6,10-14,17H2,1-2H3. The van der Waals surface area contributed by atoms with Crippen molar-refractivity contribution in [2.75, 3.05) is 36.7 Å². The van der Waals surface area contributed by atoms with E-state index in [2.05, 4.69) is 11.0 Å². The molecule has 1 saturated heterocycles. The molecule has 4 rings (SSSR count). The number of aliphatic hydroxyl groups excluding tert-OH is 1. The van der Waals surface area contributed by atoms with E-state index in [1.54, 1.807) is 0 Å². The molecule has 2 N–H and O–H groups in total. The number of anilines is 1. The maximum atomic E-state index is 12.1. The first-order valence-corrected chi connectivity index (χ1v) is 12.8. The molecule has 2 aromatic carbocycles. The summed E-state index contributed by atoms with van der Waals surface area (Å²) in [5, 5.41) is 22.0. The Morgan fingerprint density at radius 2 is 1.84 bits per heavy atom. The number of sulfonamides is 1. The third-order valence-corrected chi connectivity index (χ3v) is 7.81. The van der Waals surface area contributed by atoms with Crippen LogP contribution in [0, 0.1) is 6.92 Å². The van der Waals surface area contributed by atoms with Crippen molar-refractivity contribution in [1.82, 2.24) is 4.90 Å². The fourth-order valence-electron chi connectivity index (χ4n) is 4.81. The normalized spacial score (nSPS) is 20.3. The van der Waals surface area contributed by atoms with E-state index in [1.165, 1.54) is 10.6 Å². The number of β-amino-alcohol motifs (C(OH)–C–C–N with tert-alkyl or cyclic N) is 1. The highest BCUT2D eigenvalue weighted by Crippen LogP contribution is 2.35. The summed E-state index contributed by atoms with van der Waals surface area (Å²) in [5.41, 5.74) is 3.82. The topological polar surface area (TPSA) is 81.1 Å². The van der Waals surface area contributed by atoms with Crippen molar-refractivity contribution in [3.63, 3.8) is 0 Å². The smallest absolute Gasteiger partial charge is 0.232 e. The Labute approximate surface area is 185 Å². The maximum absolute atomic E-state index is 12.1. The van der Waals surface area contributed by atoms with E-state index in [0.717, 1.165) is 40.8 Å². The number of fused-ring (bicyclic) bond motifs is 1. The molecule has 0 radical (unpaired) electrons. The summed E-state index contributed by atoms with van der Waals surface area (Å²) in [4.78, 5) is 2.19. The molecule has 1 unspecified atom stereocenters. The molecule has 0 aromatic heterocycles. The summed E-state index contributed by atoms with van der Waals surface area (Å²) >= 11 is 0. The third-order valence-electron chi connectivity index (χ3n) is 6.63. The van der Waals surface area contributed by atoms with Crippen LogP contribution in [0.3, 0.4) is 0 Å². The van der Waals surface area contributed by atoms with Gasteiger partial charge in [-0.25, -0.2) is 8.42 Å². The summed E-state index contributed by atoms with van der Waals surface area (Å²) in [5.74, 6) is 0. The molecule has 0 bridgehead atoms. The quantitative estimate of drug-likeness (QED) is 0.741. The Hall–Kier alpha value is -1.93. The Bertz CT molecular complexity index is 1050. The largest absolute Gasteiger partial charge is 0.387 e. The van der Waals surface area contributed by atoms with Crippen molar-refractivity contribution in [3.8, 4) is 0 Å². The lowest BCUT2D eigenvalue weighted by atomic mass is 9.83. The van der Waals surface area contributed by atoms with Gasteiger partial charge in [-0.15, -0.1) is 0 Å². The van der Waals surface area contributed by atoms with Gasteiger partial charge in [0, 0.05) is 26.2 Å². The molecule has 7 heteroatoms. The van der Waals surface area contributed by atoms with Gasteiger partial charge in [0.05, 0.1) is 23.6 Å². The Kier molecular flexibility index (Phi) is 6.14. The van der Waals surface area contributed by atoms with Crippen LogP contribution in [0.15, 0.2) is 42.5 Å². The van der Waals surface area contributed by atoms with E-state index in [0.29, 0.717) is 39.0 Å². The van der Waals surface area contributed by atoms with Crippen molar-refractivity contribution in [2.45, 2.75) is 44.3 Å². The highest BCUT2D eigenvalue weighted by Gasteiger charge is 2.34. The van der Waals surface area contributed by atoms with E-state index in [-0.39, 0.29) is 0 Å². The van der Waals surface area contributed by atoms with Crippen molar-refractivity contribution >= 4 is 15.7 Å². The fourth-order valence-corrected chi connectivity index (χ4v) is 5.81. The first-order valence-electron chi connectivity index (χ1n) is 11.0. The van der Waals surface area contributed by atoms with Crippen LogP contribution >= 0.6 is 0 Å². The van der Waals surface area contributed by atoms with Crippen molar-refractivity contribution < 1.29 is 18.6 Å². The van der Waals surface area contributed by atoms with Crippen LogP contribution in [0.1, 0.15) is 47.6 Å². The van der Waals surface area contributed by atoms with E-state index in [1.807, 2.05) is 43.3 Å². The number of rotatable bonds is 5. The lowest BCUT2D eigenvalue weighted by Crippen LogP contribution is -2.44. The van der Waals surface area contributed by atoms with Crippen molar-refractivity contribution in [1.29, 1.82) is 0 Å². The number of hydrogen-bond donors (Lipinski definition) is 2. The molecule has 2 aliphatic heterocycles. The second-order valence-electron chi connectivity index (χ2n) is 9.04. The molecule has 2 aliphatic rings. The SMILES string of the molecule is Cc1cccc(C2(O)CCN(CC(O)c3ccc4c(c3)CCCN4S(C)(=O)=O)CC2)c1. The zero-order valence-electron chi connectivity index (χ0n) is 18.3. The number of hydrogen-bond acceptors (Lipinski definition) is 5. The highest BCUT2D eigenvalue weighted by atomic mass is 32.2. The molecular formula is C24H32N2O4S. The van der Waals surface area contributed by atoms with Gasteiger partial charge in [-0.05, 0) is 55.4 Å². The lowest BCUT2D eigenvalue weighted by Gasteiger charge is -2.39. The Morgan fingerprint density at radius 3 is 2.52 bits per heavy atom. The molecule has 31 heavy (non-hydrogen) atoms. The van der Waals surface area contributed by atoms with Crippen LogP contribution in [0.25, 0.3) is 0 Å². The lowest BCUT2D eigenvalue weighted by molar-refractivity contribution is -0.0345. The number of aryl methyl sites for hydroxylation is 2. The molecule has 0 saturated carbocycles. The summed E-state index contributed by atoms with van der Waals surface area (Å²) in [6, 6.07) is 13.7. The molecule has 2 heterocycles. The number of benzene rings is 2. The first-order chi connectivity index (χ1) is 14.7. The molecule has 1 fully saturated rings. The first kappa shape index (κ1) is 22.3. The summed E-state index contributed by atoms with van der Waals surface area (Å²) < 4.78 is 25.6. The zero-order valence-corrected chi connectivity index (χ0v) is 19.1. The second-order valence-corrected chi connectivity index (χ2v) is 11.0. The van der Waals surface area contributed by atoms with Gasteiger partial charge in [-0.2, -0.15) is 0 Å². The molecule has 6 nitrogen and oxygen atoms in total. The number of aliphatic hydroxyl groups is 2. The summed E-state index contributed by atoms with van der Waals surface area (Å²) in [7, 11) is -3.29. The number of piperidine rings is 1. The summed E-state index contributed by atoms with van der Waals surface area (Å²) in [6.07, 6.45) is 3.45. The van der Waals surface area contributed by atoms with Gasteiger partial charge in [0.2, 0.25) is 10.0 Å². The Balaban J connectivity index is 1.41. The number of nitrogens with zero attached hydrogens (tertiary/aromatic N) is 2. The van der Waals surface area contributed by atoms with Crippen LogP contribution in [-0.4, -0.2) is 56.0 Å². The third kappa shape index (κ3) is 4.80.